The summed E-state index contributed by atoms with van der Waals surface area (Å²) in [5, 5.41) is 2.49. The van der Waals surface area contributed by atoms with E-state index in [2.05, 4.69) is 17.5 Å². The van der Waals surface area contributed by atoms with Gasteiger partial charge in [0, 0.05) is 0 Å². The van der Waals surface area contributed by atoms with Crippen molar-refractivity contribution in [3.63, 3.8) is 0 Å². The van der Waals surface area contributed by atoms with Crippen LogP contribution in [0.2, 0.25) is 0 Å². The van der Waals surface area contributed by atoms with Crippen molar-refractivity contribution >= 4 is 12.1 Å². The van der Waals surface area contributed by atoms with Gasteiger partial charge in [-0.1, -0.05) is 12.2 Å². The number of rotatable bonds is 3. The van der Waals surface area contributed by atoms with Crippen molar-refractivity contribution in [3.05, 3.63) is 23.9 Å². The number of esters is 1. The van der Waals surface area contributed by atoms with Crippen LogP contribution in [0.3, 0.4) is 0 Å². The quantitative estimate of drug-likeness (QED) is 0.489. The molecule has 2 aliphatic rings. The summed E-state index contributed by atoms with van der Waals surface area (Å²) in [7, 11) is 1.29. The molecule has 0 spiro atoms. The molecule has 2 aliphatic carbocycles. The number of methoxy groups -OCH3 is 1. The lowest BCUT2D eigenvalue weighted by Gasteiger charge is -2.20. The number of ether oxygens (including phenoxy) is 2. The number of allylic oxidation sites excluding steroid dienone is 3. The van der Waals surface area contributed by atoms with Gasteiger partial charge >= 0.3 is 12.1 Å². The lowest BCUT2D eigenvalue weighted by molar-refractivity contribution is -0.136. The zero-order valence-corrected chi connectivity index (χ0v) is 12.3. The Morgan fingerprint density at radius 3 is 2.55 bits per heavy atom. The van der Waals surface area contributed by atoms with Crippen LogP contribution in [0.15, 0.2) is 23.9 Å². The van der Waals surface area contributed by atoms with Crippen LogP contribution in [0.1, 0.15) is 27.2 Å². The summed E-state index contributed by atoms with van der Waals surface area (Å²) >= 11 is 0. The summed E-state index contributed by atoms with van der Waals surface area (Å²) in [6, 6.07) is 0. The van der Waals surface area contributed by atoms with E-state index in [1.165, 1.54) is 7.11 Å². The fourth-order valence-electron chi connectivity index (χ4n) is 2.52. The minimum Gasteiger partial charge on any atom is -0.464 e. The van der Waals surface area contributed by atoms with E-state index in [1.807, 2.05) is 0 Å². The van der Waals surface area contributed by atoms with Gasteiger partial charge in [-0.15, -0.1) is 0 Å². The first-order chi connectivity index (χ1) is 9.31. The number of carbonyl (C=O) groups is 2. The number of hydrogen-bond donors (Lipinski definition) is 1. The first-order valence-corrected chi connectivity index (χ1v) is 6.78. The average molecular weight is 279 g/mol. The van der Waals surface area contributed by atoms with Crippen LogP contribution in [-0.2, 0) is 14.3 Å². The van der Waals surface area contributed by atoms with Crippen molar-refractivity contribution < 1.29 is 19.1 Å². The molecule has 0 aromatic rings. The highest BCUT2D eigenvalue weighted by Crippen LogP contribution is 2.54. The van der Waals surface area contributed by atoms with Gasteiger partial charge in [-0.05, 0) is 51.0 Å². The highest BCUT2D eigenvalue weighted by molar-refractivity contribution is 5.92. The second-order valence-corrected chi connectivity index (χ2v) is 6.18. The molecule has 1 saturated carbocycles. The Kier molecular flexibility index (Phi) is 3.88. The van der Waals surface area contributed by atoms with E-state index in [-0.39, 0.29) is 5.70 Å². The molecule has 0 heterocycles. The Morgan fingerprint density at radius 1 is 1.35 bits per heavy atom. The number of amides is 1. The maximum Gasteiger partial charge on any atom is 0.412 e. The van der Waals surface area contributed by atoms with E-state index in [9.17, 15) is 9.59 Å². The van der Waals surface area contributed by atoms with Crippen LogP contribution in [0.25, 0.3) is 0 Å². The smallest absolute Gasteiger partial charge is 0.412 e. The van der Waals surface area contributed by atoms with Crippen molar-refractivity contribution in [2.24, 2.45) is 17.8 Å². The molecule has 3 unspecified atom stereocenters. The Hall–Kier alpha value is -1.78. The predicted octanol–water partition coefficient (Wildman–Crippen LogP) is 2.39. The second-order valence-electron chi connectivity index (χ2n) is 6.18. The molecule has 0 radical (unpaired) electrons. The molecule has 110 valence electrons. The summed E-state index contributed by atoms with van der Waals surface area (Å²) in [5.41, 5.74) is -0.445. The summed E-state index contributed by atoms with van der Waals surface area (Å²) < 4.78 is 9.84. The minimum atomic E-state index is -0.643. The van der Waals surface area contributed by atoms with Crippen molar-refractivity contribution in [2.75, 3.05) is 7.11 Å². The molecule has 3 atom stereocenters. The fourth-order valence-corrected chi connectivity index (χ4v) is 2.52. The van der Waals surface area contributed by atoms with Crippen LogP contribution < -0.4 is 5.32 Å². The van der Waals surface area contributed by atoms with Crippen LogP contribution >= 0.6 is 0 Å². The maximum absolute atomic E-state index is 11.7. The van der Waals surface area contributed by atoms with Gasteiger partial charge in [0.25, 0.3) is 0 Å². The van der Waals surface area contributed by atoms with E-state index in [0.717, 1.165) is 6.42 Å². The zero-order valence-electron chi connectivity index (χ0n) is 12.3. The lowest BCUT2D eigenvalue weighted by atomic mass is 10.2. The van der Waals surface area contributed by atoms with Crippen LogP contribution in [0.4, 0.5) is 4.79 Å². The Morgan fingerprint density at radius 2 is 2.05 bits per heavy atom. The Bertz CT molecular complexity index is 473. The summed E-state index contributed by atoms with van der Waals surface area (Å²) in [4.78, 5) is 23.5. The van der Waals surface area contributed by atoms with Gasteiger partial charge in [0.05, 0.1) is 7.11 Å². The molecular weight excluding hydrogens is 258 g/mol. The predicted molar refractivity (Wildman–Crippen MR) is 73.7 cm³/mol. The van der Waals surface area contributed by atoms with Crippen molar-refractivity contribution in [1.29, 1.82) is 0 Å². The van der Waals surface area contributed by atoms with Crippen molar-refractivity contribution in [3.8, 4) is 0 Å². The molecule has 0 aliphatic heterocycles. The van der Waals surface area contributed by atoms with Crippen LogP contribution in [0, 0.1) is 17.8 Å². The second kappa shape index (κ2) is 5.31. The molecule has 2 rings (SSSR count). The summed E-state index contributed by atoms with van der Waals surface area (Å²) in [6.07, 6.45) is 6.49. The molecule has 20 heavy (non-hydrogen) atoms. The van der Waals surface area contributed by atoms with E-state index < -0.39 is 17.7 Å². The van der Waals surface area contributed by atoms with Gasteiger partial charge in [-0.25, -0.2) is 9.59 Å². The van der Waals surface area contributed by atoms with Gasteiger partial charge in [-0.3, -0.25) is 5.32 Å². The molecule has 1 fully saturated rings. The van der Waals surface area contributed by atoms with Crippen LogP contribution in [-0.4, -0.2) is 24.8 Å². The average Bonchev–Trinajstić information content (AvgIpc) is 2.77. The number of carbonyl (C=O) groups excluding carboxylic acids is 2. The Balaban J connectivity index is 2.01. The summed E-state index contributed by atoms with van der Waals surface area (Å²) in [6.45, 7) is 5.30. The highest BCUT2D eigenvalue weighted by Gasteiger charge is 2.49. The van der Waals surface area contributed by atoms with E-state index in [1.54, 1.807) is 26.8 Å². The highest BCUT2D eigenvalue weighted by atomic mass is 16.6. The third-order valence-electron chi connectivity index (χ3n) is 3.46. The topological polar surface area (TPSA) is 64.6 Å². The number of alkyl carbamates (subject to hydrolysis) is 1. The first-order valence-electron chi connectivity index (χ1n) is 6.78. The molecule has 0 saturated heterocycles. The van der Waals surface area contributed by atoms with E-state index >= 15 is 0 Å². The number of nitrogens with one attached hydrogen (secondary N) is 1. The third-order valence-corrected chi connectivity index (χ3v) is 3.46. The monoisotopic (exact) mass is 279 g/mol. The molecular formula is C15H21NO4. The van der Waals surface area contributed by atoms with Crippen molar-refractivity contribution in [1.82, 2.24) is 5.32 Å². The van der Waals surface area contributed by atoms with Gasteiger partial charge in [-0.2, -0.15) is 0 Å². The fraction of sp³-hybridized carbons (Fsp3) is 0.600. The number of fused-ring (bicyclic) bond motifs is 1. The number of hydrogen-bond acceptors (Lipinski definition) is 4. The normalized spacial score (nSPS) is 27.8. The molecule has 1 amide bonds. The molecule has 0 aromatic carbocycles. The first kappa shape index (κ1) is 14.6. The molecule has 0 aromatic heterocycles. The third kappa shape index (κ3) is 3.40. The van der Waals surface area contributed by atoms with Gasteiger partial charge in [0.15, 0.2) is 0 Å². The van der Waals surface area contributed by atoms with Crippen LogP contribution in [0.5, 0.6) is 0 Å². The van der Waals surface area contributed by atoms with E-state index in [0.29, 0.717) is 17.8 Å². The Labute approximate surface area is 119 Å². The zero-order chi connectivity index (χ0) is 14.9. The largest absolute Gasteiger partial charge is 0.464 e. The molecule has 0 bridgehead atoms. The van der Waals surface area contributed by atoms with Gasteiger partial charge in [0.1, 0.15) is 11.3 Å². The minimum absolute atomic E-state index is 0.162. The van der Waals surface area contributed by atoms with Gasteiger partial charge < -0.3 is 9.47 Å². The maximum atomic E-state index is 11.7. The van der Waals surface area contributed by atoms with Crippen molar-refractivity contribution in [2.45, 2.75) is 32.8 Å². The standard InChI is InChI=1S/C15H21NO4/c1-15(2,3)20-14(18)16-12(13(17)19-4)8-11-9-6-5-7-10(9)11/h5-6,8-11H,7H2,1-4H3,(H,16,18). The van der Waals surface area contributed by atoms with Gasteiger partial charge in [0.2, 0.25) is 0 Å². The lowest BCUT2D eigenvalue weighted by Crippen LogP contribution is -2.34. The van der Waals surface area contributed by atoms with E-state index in [4.69, 9.17) is 9.47 Å². The summed E-state index contributed by atoms with van der Waals surface area (Å²) in [5.74, 6) is 0.819. The molecule has 1 N–H and O–H groups in total. The SMILES string of the molecule is COC(=O)C(=CC1C2C=CCC21)NC(=O)OC(C)(C)C. The molecule has 5 heteroatoms. The molecule has 5 nitrogen and oxygen atoms in total.